The molecule has 0 radical (unpaired) electrons. The van der Waals surface area contributed by atoms with Crippen LogP contribution in [0.2, 0.25) is 0 Å². The van der Waals surface area contributed by atoms with Crippen molar-refractivity contribution in [2.75, 3.05) is 35.9 Å². The summed E-state index contributed by atoms with van der Waals surface area (Å²) in [5.74, 6) is 0.787. The Morgan fingerprint density at radius 3 is 2.39 bits per heavy atom. The van der Waals surface area contributed by atoms with E-state index in [0.29, 0.717) is 37.9 Å². The Bertz CT molecular complexity index is 762. The monoisotopic (exact) mass is 339 g/mol. The fourth-order valence-electron chi connectivity index (χ4n) is 2.37. The van der Waals surface area contributed by atoms with Crippen molar-refractivity contribution in [1.29, 1.82) is 0 Å². The van der Waals surface area contributed by atoms with Gasteiger partial charge in [0.25, 0.3) is 10.0 Å². The van der Waals surface area contributed by atoms with Crippen LogP contribution in [0.5, 0.6) is 0 Å². The highest BCUT2D eigenvalue weighted by Crippen LogP contribution is 2.22. The van der Waals surface area contributed by atoms with Crippen LogP contribution in [0.25, 0.3) is 0 Å². The zero-order chi connectivity index (χ0) is 16.4. The molecule has 0 atom stereocenters. The normalized spacial score (nSPS) is 15.7. The molecular weight excluding hydrogens is 322 g/mol. The van der Waals surface area contributed by atoms with E-state index in [4.69, 9.17) is 9.26 Å². The minimum absolute atomic E-state index is 0.0368. The number of ether oxygens (including phenoxy) is 1. The summed E-state index contributed by atoms with van der Waals surface area (Å²) < 4.78 is 37.4. The van der Waals surface area contributed by atoms with Crippen LogP contribution >= 0.6 is 0 Å². The molecule has 0 saturated carbocycles. The van der Waals surface area contributed by atoms with Crippen molar-refractivity contribution in [2.45, 2.75) is 18.7 Å². The van der Waals surface area contributed by atoms with Gasteiger partial charge in [0.15, 0.2) is 10.7 Å². The average Bonchev–Trinajstić information content (AvgIpc) is 2.88. The van der Waals surface area contributed by atoms with Crippen LogP contribution in [0.1, 0.15) is 11.5 Å². The lowest BCUT2D eigenvalue weighted by Gasteiger charge is -2.26. The van der Waals surface area contributed by atoms with Crippen molar-refractivity contribution in [3.63, 3.8) is 0 Å². The molecule has 1 aliphatic heterocycles. The largest absolute Gasteiger partial charge is 0.378 e. The first-order valence-corrected chi connectivity index (χ1v) is 8.56. The maximum atomic E-state index is 12.4. The van der Waals surface area contributed by atoms with Gasteiger partial charge in [-0.25, -0.2) is 18.4 Å². The molecule has 3 rings (SSSR count). The molecule has 1 aliphatic rings. The van der Waals surface area contributed by atoms with Gasteiger partial charge in [0.1, 0.15) is 5.69 Å². The first-order chi connectivity index (χ1) is 11.0. The Morgan fingerprint density at radius 2 is 1.83 bits per heavy atom. The average molecular weight is 339 g/mol. The highest BCUT2D eigenvalue weighted by Gasteiger charge is 2.24. The van der Waals surface area contributed by atoms with Gasteiger partial charge in [-0.2, -0.15) is 0 Å². The summed E-state index contributed by atoms with van der Waals surface area (Å²) in [5.41, 5.74) is 0.586. The third-order valence-corrected chi connectivity index (χ3v) is 5.05. The number of aromatic nitrogens is 3. The van der Waals surface area contributed by atoms with Crippen LogP contribution < -0.4 is 9.62 Å². The molecule has 124 valence electrons. The number of rotatable bonds is 4. The second-order valence-corrected chi connectivity index (χ2v) is 6.75. The van der Waals surface area contributed by atoms with Gasteiger partial charge >= 0.3 is 0 Å². The molecule has 0 unspecified atom stereocenters. The molecule has 3 heterocycles. The fourth-order valence-corrected chi connectivity index (χ4v) is 3.72. The first-order valence-electron chi connectivity index (χ1n) is 7.08. The van der Waals surface area contributed by atoms with Crippen molar-refractivity contribution in [3.8, 4) is 0 Å². The number of aryl methyl sites for hydroxylation is 2. The lowest BCUT2D eigenvalue weighted by atomic mass is 10.4. The van der Waals surface area contributed by atoms with Crippen LogP contribution in [0.3, 0.4) is 0 Å². The fraction of sp³-hybridized carbons (Fsp3) is 0.462. The van der Waals surface area contributed by atoms with E-state index in [1.54, 1.807) is 13.8 Å². The van der Waals surface area contributed by atoms with E-state index < -0.39 is 10.0 Å². The molecule has 9 nitrogen and oxygen atoms in total. The molecule has 0 aliphatic carbocycles. The molecule has 10 heteroatoms. The molecule has 0 aromatic carbocycles. The minimum atomic E-state index is -3.79. The van der Waals surface area contributed by atoms with E-state index in [1.165, 1.54) is 12.4 Å². The van der Waals surface area contributed by atoms with Crippen molar-refractivity contribution in [3.05, 3.63) is 23.8 Å². The lowest BCUT2D eigenvalue weighted by molar-refractivity contribution is 0.122. The van der Waals surface area contributed by atoms with Gasteiger partial charge < -0.3 is 14.2 Å². The van der Waals surface area contributed by atoms with Gasteiger partial charge in [0, 0.05) is 13.1 Å². The van der Waals surface area contributed by atoms with Gasteiger partial charge in [0.2, 0.25) is 5.95 Å². The van der Waals surface area contributed by atoms with E-state index in [2.05, 4.69) is 19.8 Å². The summed E-state index contributed by atoms with van der Waals surface area (Å²) in [6.07, 6.45) is 2.88. The van der Waals surface area contributed by atoms with Crippen LogP contribution in [-0.2, 0) is 14.8 Å². The third kappa shape index (κ3) is 3.27. The van der Waals surface area contributed by atoms with Gasteiger partial charge in [-0.05, 0) is 13.8 Å². The molecule has 2 aromatic rings. The Morgan fingerprint density at radius 1 is 1.17 bits per heavy atom. The smallest absolute Gasteiger partial charge is 0.267 e. The number of nitrogens with zero attached hydrogens (tertiary/aromatic N) is 4. The third-order valence-electron chi connectivity index (χ3n) is 3.42. The van der Waals surface area contributed by atoms with Gasteiger partial charge in [-0.3, -0.25) is 4.72 Å². The molecule has 1 N–H and O–H groups in total. The van der Waals surface area contributed by atoms with Gasteiger partial charge in [-0.1, -0.05) is 5.16 Å². The Balaban J connectivity index is 1.78. The Kier molecular flexibility index (Phi) is 4.18. The summed E-state index contributed by atoms with van der Waals surface area (Å²) in [6.45, 7) is 5.80. The van der Waals surface area contributed by atoms with Crippen molar-refractivity contribution >= 4 is 21.7 Å². The molecule has 1 fully saturated rings. The topological polar surface area (TPSA) is 110 Å². The SMILES string of the molecule is Cc1noc(C)c1S(=O)(=O)Nc1cnc(N2CCOCC2)nc1. The van der Waals surface area contributed by atoms with Crippen LogP contribution in [0.15, 0.2) is 21.8 Å². The predicted molar refractivity (Wildman–Crippen MR) is 81.8 cm³/mol. The number of hydrogen-bond donors (Lipinski definition) is 1. The van der Waals surface area contributed by atoms with Crippen molar-refractivity contribution < 1.29 is 17.7 Å². The quantitative estimate of drug-likeness (QED) is 0.867. The summed E-state index contributed by atoms with van der Waals surface area (Å²) in [4.78, 5) is 10.4. The summed E-state index contributed by atoms with van der Waals surface area (Å²) in [6, 6.07) is 0. The van der Waals surface area contributed by atoms with Gasteiger partial charge in [0.05, 0.1) is 31.3 Å². The number of morpholine rings is 1. The Labute approximate surface area is 133 Å². The van der Waals surface area contributed by atoms with Crippen LogP contribution in [-0.4, -0.2) is 49.8 Å². The van der Waals surface area contributed by atoms with Crippen molar-refractivity contribution in [2.24, 2.45) is 0 Å². The van der Waals surface area contributed by atoms with Crippen molar-refractivity contribution in [1.82, 2.24) is 15.1 Å². The summed E-state index contributed by atoms with van der Waals surface area (Å²) in [5, 5.41) is 3.66. The molecule has 23 heavy (non-hydrogen) atoms. The highest BCUT2D eigenvalue weighted by molar-refractivity contribution is 7.92. The van der Waals surface area contributed by atoms with Gasteiger partial charge in [-0.15, -0.1) is 0 Å². The zero-order valence-electron chi connectivity index (χ0n) is 12.8. The van der Waals surface area contributed by atoms with Crippen LogP contribution in [0, 0.1) is 13.8 Å². The highest BCUT2D eigenvalue weighted by atomic mass is 32.2. The maximum Gasteiger partial charge on any atom is 0.267 e. The molecule has 0 spiro atoms. The van der Waals surface area contributed by atoms with E-state index in [9.17, 15) is 8.42 Å². The van der Waals surface area contributed by atoms with E-state index in [0.717, 1.165) is 0 Å². The first kappa shape index (κ1) is 15.7. The van der Waals surface area contributed by atoms with E-state index in [1.807, 2.05) is 4.90 Å². The number of hydrogen-bond acceptors (Lipinski definition) is 8. The second kappa shape index (κ2) is 6.13. The van der Waals surface area contributed by atoms with Crippen LogP contribution in [0.4, 0.5) is 11.6 Å². The summed E-state index contributed by atoms with van der Waals surface area (Å²) in [7, 11) is -3.79. The number of nitrogens with one attached hydrogen (secondary N) is 1. The lowest BCUT2D eigenvalue weighted by Crippen LogP contribution is -2.37. The van der Waals surface area contributed by atoms with E-state index >= 15 is 0 Å². The zero-order valence-corrected chi connectivity index (χ0v) is 13.6. The molecule has 1 saturated heterocycles. The molecular formula is C13H17N5O4S. The number of sulfonamides is 1. The number of anilines is 2. The predicted octanol–water partition coefficient (Wildman–Crippen LogP) is 0.719. The Hall–Kier alpha value is -2.20. The van der Waals surface area contributed by atoms with E-state index in [-0.39, 0.29) is 16.3 Å². The summed E-state index contributed by atoms with van der Waals surface area (Å²) >= 11 is 0. The minimum Gasteiger partial charge on any atom is -0.378 e. The molecule has 0 amide bonds. The molecule has 2 aromatic heterocycles. The molecule has 0 bridgehead atoms. The maximum absolute atomic E-state index is 12.4. The second-order valence-electron chi connectivity index (χ2n) is 5.13. The standard InChI is InChI=1S/C13H17N5O4S/c1-9-12(10(2)22-16-9)23(19,20)17-11-7-14-13(15-8-11)18-3-5-21-6-4-18/h7-8,17H,3-6H2,1-2H3.